The second-order valence-corrected chi connectivity index (χ2v) is 4.72. The Labute approximate surface area is 127 Å². The highest BCUT2D eigenvalue weighted by Gasteiger charge is 2.13. The van der Waals surface area contributed by atoms with Crippen molar-refractivity contribution in [3.8, 4) is 12.3 Å². The van der Waals surface area contributed by atoms with E-state index in [9.17, 15) is 0 Å². The van der Waals surface area contributed by atoms with E-state index in [0.29, 0.717) is 21.4 Å². The number of nitrogens with zero attached hydrogens (tertiary/aromatic N) is 3. The normalized spacial score (nSPS) is 11.7. The predicted octanol–water partition coefficient (Wildman–Crippen LogP) is 3.58. The van der Waals surface area contributed by atoms with Crippen molar-refractivity contribution >= 4 is 34.7 Å². The highest BCUT2D eigenvalue weighted by molar-refractivity contribution is 6.35. The van der Waals surface area contributed by atoms with Gasteiger partial charge in [-0.2, -0.15) is 5.10 Å². The molecule has 0 atom stereocenters. The molecule has 0 spiro atoms. The van der Waals surface area contributed by atoms with E-state index < -0.39 is 0 Å². The first-order chi connectivity index (χ1) is 9.63. The van der Waals surface area contributed by atoms with Crippen LogP contribution in [0.15, 0.2) is 30.9 Å². The molecule has 0 N–H and O–H groups in total. The molecule has 6 heteroatoms. The molecule has 0 radical (unpaired) electrons. The molecule has 1 aromatic carbocycles. The van der Waals surface area contributed by atoms with E-state index in [1.54, 1.807) is 29.2 Å². The van der Waals surface area contributed by atoms with Crippen LogP contribution in [0.4, 0.5) is 0 Å². The summed E-state index contributed by atoms with van der Waals surface area (Å²) in [7, 11) is 0. The SMILES string of the molecule is C#CCO/C(=C(/C)n1cncn1)c1ccc(Cl)cc1Cl. The van der Waals surface area contributed by atoms with Gasteiger partial charge in [-0.05, 0) is 25.1 Å². The summed E-state index contributed by atoms with van der Waals surface area (Å²) in [5, 5.41) is 5.09. The molecule has 0 amide bonds. The number of benzene rings is 1. The van der Waals surface area contributed by atoms with Gasteiger partial charge in [0.15, 0.2) is 5.76 Å². The molecule has 0 unspecified atom stereocenters. The highest BCUT2D eigenvalue weighted by atomic mass is 35.5. The first-order valence-electron chi connectivity index (χ1n) is 5.71. The van der Waals surface area contributed by atoms with Crippen molar-refractivity contribution < 1.29 is 4.74 Å². The van der Waals surface area contributed by atoms with Crippen molar-refractivity contribution in [3.63, 3.8) is 0 Å². The average molecular weight is 308 g/mol. The van der Waals surface area contributed by atoms with Crippen LogP contribution >= 0.6 is 23.2 Å². The van der Waals surface area contributed by atoms with Crippen molar-refractivity contribution in [2.24, 2.45) is 0 Å². The Morgan fingerprint density at radius 3 is 2.85 bits per heavy atom. The van der Waals surface area contributed by atoms with Crippen molar-refractivity contribution in [2.75, 3.05) is 6.61 Å². The van der Waals surface area contributed by atoms with Crippen LogP contribution in [0.1, 0.15) is 12.5 Å². The summed E-state index contributed by atoms with van der Waals surface area (Å²) in [5.41, 5.74) is 1.42. The molecule has 1 heterocycles. The topological polar surface area (TPSA) is 39.9 Å². The molecular formula is C14H11Cl2N3O. The highest BCUT2D eigenvalue weighted by Crippen LogP contribution is 2.30. The van der Waals surface area contributed by atoms with Crippen LogP contribution < -0.4 is 0 Å². The fraction of sp³-hybridized carbons (Fsp3) is 0.143. The van der Waals surface area contributed by atoms with Crippen LogP contribution in [0.25, 0.3) is 11.5 Å². The quantitative estimate of drug-likeness (QED) is 0.640. The van der Waals surface area contributed by atoms with Gasteiger partial charge in [0.25, 0.3) is 0 Å². The van der Waals surface area contributed by atoms with Crippen molar-refractivity contribution in [2.45, 2.75) is 6.92 Å². The fourth-order valence-corrected chi connectivity index (χ4v) is 2.14. The molecule has 20 heavy (non-hydrogen) atoms. The lowest BCUT2D eigenvalue weighted by atomic mass is 10.1. The number of ether oxygens (including phenoxy) is 1. The van der Waals surface area contributed by atoms with Gasteiger partial charge < -0.3 is 4.74 Å². The summed E-state index contributed by atoms with van der Waals surface area (Å²) in [4.78, 5) is 3.90. The van der Waals surface area contributed by atoms with Gasteiger partial charge in [0.2, 0.25) is 0 Å². The Morgan fingerprint density at radius 1 is 1.45 bits per heavy atom. The van der Waals surface area contributed by atoms with E-state index in [4.69, 9.17) is 34.4 Å². The van der Waals surface area contributed by atoms with Gasteiger partial charge >= 0.3 is 0 Å². The second kappa shape index (κ2) is 6.47. The Kier molecular flexibility index (Phi) is 4.67. The molecule has 2 rings (SSSR count). The molecule has 0 saturated carbocycles. The summed E-state index contributed by atoms with van der Waals surface area (Å²) >= 11 is 12.1. The molecule has 102 valence electrons. The average Bonchev–Trinajstić information content (AvgIpc) is 2.94. The van der Waals surface area contributed by atoms with Crippen LogP contribution in [0, 0.1) is 12.3 Å². The van der Waals surface area contributed by atoms with Crippen molar-refractivity contribution in [1.29, 1.82) is 0 Å². The third-order valence-corrected chi connectivity index (χ3v) is 3.11. The minimum Gasteiger partial charge on any atom is -0.478 e. The molecule has 0 saturated heterocycles. The Bertz CT molecular complexity index is 672. The van der Waals surface area contributed by atoms with E-state index in [0.717, 1.165) is 5.70 Å². The standard InChI is InChI=1S/C14H11Cl2N3O/c1-3-6-20-14(10(2)19-9-17-8-18-19)12-5-4-11(15)7-13(12)16/h1,4-5,7-9H,6H2,2H3/b14-10-. The second-order valence-electron chi connectivity index (χ2n) is 3.87. The predicted molar refractivity (Wildman–Crippen MR) is 80.1 cm³/mol. The molecule has 0 aliphatic carbocycles. The van der Waals surface area contributed by atoms with E-state index >= 15 is 0 Å². The van der Waals surface area contributed by atoms with Gasteiger partial charge in [0.1, 0.15) is 19.3 Å². The van der Waals surface area contributed by atoms with Gasteiger partial charge in [0.05, 0.1) is 10.7 Å². The van der Waals surface area contributed by atoms with E-state index in [2.05, 4.69) is 16.0 Å². The third kappa shape index (κ3) is 3.13. The lowest BCUT2D eigenvalue weighted by molar-refractivity contribution is 0.326. The zero-order valence-corrected chi connectivity index (χ0v) is 12.2. The first kappa shape index (κ1) is 14.4. The Hall–Kier alpha value is -1.96. The number of halogens is 2. The van der Waals surface area contributed by atoms with Gasteiger partial charge in [-0.1, -0.05) is 29.1 Å². The van der Waals surface area contributed by atoms with Crippen LogP contribution in [-0.4, -0.2) is 21.4 Å². The molecular weight excluding hydrogens is 297 g/mol. The summed E-state index contributed by atoms with van der Waals surface area (Å²) in [5.74, 6) is 2.97. The maximum atomic E-state index is 6.21. The minimum atomic E-state index is 0.125. The minimum absolute atomic E-state index is 0.125. The summed E-state index contributed by atoms with van der Waals surface area (Å²) in [6.45, 7) is 1.96. The Balaban J connectivity index is 2.53. The Morgan fingerprint density at radius 2 is 2.25 bits per heavy atom. The van der Waals surface area contributed by atoms with Crippen LogP contribution in [0.3, 0.4) is 0 Å². The number of rotatable bonds is 4. The first-order valence-corrected chi connectivity index (χ1v) is 6.46. The number of terminal acetylenes is 1. The number of aromatic nitrogens is 3. The summed E-state index contributed by atoms with van der Waals surface area (Å²) < 4.78 is 7.19. The number of hydrogen-bond donors (Lipinski definition) is 0. The van der Waals surface area contributed by atoms with E-state index in [1.165, 1.54) is 6.33 Å². The van der Waals surface area contributed by atoms with Gasteiger partial charge in [-0.15, -0.1) is 6.42 Å². The van der Waals surface area contributed by atoms with Gasteiger partial charge in [-0.3, -0.25) is 0 Å². The number of hydrogen-bond acceptors (Lipinski definition) is 3. The maximum absolute atomic E-state index is 6.21. The van der Waals surface area contributed by atoms with Crippen LogP contribution in [0.5, 0.6) is 0 Å². The summed E-state index contributed by atoms with van der Waals surface area (Å²) in [6, 6.07) is 5.15. The van der Waals surface area contributed by atoms with Crippen LogP contribution in [0.2, 0.25) is 10.0 Å². The zero-order valence-electron chi connectivity index (χ0n) is 10.7. The smallest absolute Gasteiger partial charge is 0.150 e. The molecule has 0 fully saturated rings. The van der Waals surface area contributed by atoms with E-state index in [-0.39, 0.29) is 6.61 Å². The number of allylic oxidation sites excluding steroid dienone is 1. The lowest BCUT2D eigenvalue weighted by Gasteiger charge is -2.14. The molecule has 1 aromatic heterocycles. The zero-order chi connectivity index (χ0) is 14.5. The molecule has 2 aromatic rings. The lowest BCUT2D eigenvalue weighted by Crippen LogP contribution is -2.03. The van der Waals surface area contributed by atoms with Gasteiger partial charge in [0, 0.05) is 10.6 Å². The molecule has 0 aliphatic heterocycles. The molecule has 0 bridgehead atoms. The molecule has 0 aliphatic rings. The molecule has 4 nitrogen and oxygen atoms in total. The summed E-state index contributed by atoms with van der Waals surface area (Å²) in [6.07, 6.45) is 8.25. The van der Waals surface area contributed by atoms with E-state index in [1.807, 2.05) is 6.92 Å². The van der Waals surface area contributed by atoms with Crippen molar-refractivity contribution in [1.82, 2.24) is 14.8 Å². The van der Waals surface area contributed by atoms with Crippen LogP contribution in [-0.2, 0) is 4.74 Å². The fourth-order valence-electron chi connectivity index (χ4n) is 1.65. The van der Waals surface area contributed by atoms with Crippen molar-refractivity contribution in [3.05, 3.63) is 46.5 Å². The van der Waals surface area contributed by atoms with Gasteiger partial charge in [-0.25, -0.2) is 9.67 Å². The largest absolute Gasteiger partial charge is 0.478 e. The third-order valence-electron chi connectivity index (χ3n) is 2.57. The monoisotopic (exact) mass is 307 g/mol. The maximum Gasteiger partial charge on any atom is 0.150 e.